The Bertz CT molecular complexity index is 1560. The zero-order valence-corrected chi connectivity index (χ0v) is 27.7. The smallest absolute Gasteiger partial charge is 0.407 e. The van der Waals surface area contributed by atoms with Gasteiger partial charge in [0.2, 0.25) is 0 Å². The highest BCUT2D eigenvalue weighted by Gasteiger charge is 2.53. The summed E-state index contributed by atoms with van der Waals surface area (Å²) in [6.07, 6.45) is 1.82. The van der Waals surface area contributed by atoms with Gasteiger partial charge in [-0.05, 0) is 76.6 Å². The van der Waals surface area contributed by atoms with E-state index in [1.54, 1.807) is 41.3 Å². The molecule has 1 heterocycles. The van der Waals surface area contributed by atoms with Gasteiger partial charge in [0.15, 0.2) is 5.54 Å². The molecule has 0 radical (unpaired) electrons. The van der Waals surface area contributed by atoms with Gasteiger partial charge >= 0.3 is 12.1 Å². The topological polar surface area (TPSA) is 106 Å². The van der Waals surface area contributed by atoms with E-state index < -0.39 is 23.2 Å². The Balaban J connectivity index is 1.61. The molecule has 4 rings (SSSR count). The maximum absolute atomic E-state index is 14.7. The maximum Gasteiger partial charge on any atom is 0.407 e. The third-order valence-corrected chi connectivity index (χ3v) is 8.01. The monoisotopic (exact) mass is 655 g/mol. The Morgan fingerprint density at radius 3 is 2.33 bits per heavy atom. The molecule has 3 aromatic carbocycles. The van der Waals surface area contributed by atoms with Crippen LogP contribution in [0.2, 0.25) is 10.0 Å². The molecule has 1 atom stereocenters. The van der Waals surface area contributed by atoms with Crippen LogP contribution in [0, 0.1) is 0 Å². The van der Waals surface area contributed by atoms with E-state index in [-0.39, 0.29) is 12.5 Å². The van der Waals surface area contributed by atoms with Crippen molar-refractivity contribution in [1.29, 1.82) is 0 Å². The number of amides is 2. The number of fused-ring (bicyclic) bond motifs is 1. The van der Waals surface area contributed by atoms with Crippen molar-refractivity contribution in [1.82, 2.24) is 10.6 Å². The fourth-order valence-corrected chi connectivity index (χ4v) is 5.87. The number of methoxy groups -OCH3 is 2. The summed E-state index contributed by atoms with van der Waals surface area (Å²) in [5, 5.41) is 7.25. The van der Waals surface area contributed by atoms with Crippen molar-refractivity contribution in [3.8, 4) is 5.75 Å². The fourth-order valence-electron chi connectivity index (χ4n) is 5.42. The predicted molar refractivity (Wildman–Crippen MR) is 175 cm³/mol. The molecule has 0 aromatic heterocycles. The molecule has 9 nitrogen and oxygen atoms in total. The molecule has 0 aliphatic carbocycles. The Morgan fingerprint density at radius 2 is 1.64 bits per heavy atom. The number of carbonyl (C=O) groups is 3. The van der Waals surface area contributed by atoms with E-state index in [9.17, 15) is 14.4 Å². The highest BCUT2D eigenvalue weighted by Crippen LogP contribution is 2.48. The summed E-state index contributed by atoms with van der Waals surface area (Å²) in [6, 6.07) is 17.6. The van der Waals surface area contributed by atoms with Crippen LogP contribution in [0.3, 0.4) is 0 Å². The number of nitrogens with zero attached hydrogens (tertiary/aromatic N) is 1. The van der Waals surface area contributed by atoms with Crippen molar-refractivity contribution in [2.45, 2.75) is 57.7 Å². The molecule has 1 aliphatic heterocycles. The number of nitrogens with one attached hydrogen (secondary N) is 2. The SMILES string of the molecule is COC(=O)c1ccc(CN2C(=O)C(NCCCCCNC(=O)OC(C)(C)C)(c3ccccc3Cl)c3cc(Cl)ccc32)c(OC)c1. The summed E-state index contributed by atoms with van der Waals surface area (Å²) in [6.45, 7) is 6.60. The Hall–Kier alpha value is -3.79. The van der Waals surface area contributed by atoms with Gasteiger partial charge in [0.25, 0.3) is 5.91 Å². The van der Waals surface area contributed by atoms with Gasteiger partial charge in [-0.25, -0.2) is 9.59 Å². The van der Waals surface area contributed by atoms with Crippen LogP contribution in [0.5, 0.6) is 5.75 Å². The molecule has 3 aromatic rings. The number of esters is 1. The second-order valence-corrected chi connectivity index (χ2v) is 12.6. The molecule has 2 amide bonds. The van der Waals surface area contributed by atoms with Gasteiger partial charge in [-0.15, -0.1) is 0 Å². The maximum atomic E-state index is 14.7. The molecular weight excluding hydrogens is 617 g/mol. The molecule has 0 spiro atoms. The normalized spacial score (nSPS) is 15.9. The van der Waals surface area contributed by atoms with E-state index in [1.165, 1.54) is 14.2 Å². The molecule has 0 saturated carbocycles. The van der Waals surface area contributed by atoms with Crippen LogP contribution in [0.4, 0.5) is 10.5 Å². The number of carbonyl (C=O) groups excluding carboxylic acids is 3. The van der Waals surface area contributed by atoms with E-state index >= 15 is 0 Å². The van der Waals surface area contributed by atoms with Crippen molar-refractivity contribution >= 4 is 46.9 Å². The van der Waals surface area contributed by atoms with Crippen LogP contribution in [0.25, 0.3) is 0 Å². The number of hydrogen-bond donors (Lipinski definition) is 2. The average molecular weight is 657 g/mol. The van der Waals surface area contributed by atoms with Crippen LogP contribution in [0.15, 0.2) is 60.7 Å². The lowest BCUT2D eigenvalue weighted by atomic mass is 9.83. The van der Waals surface area contributed by atoms with Crippen molar-refractivity contribution in [3.63, 3.8) is 0 Å². The van der Waals surface area contributed by atoms with Crippen LogP contribution < -0.4 is 20.3 Å². The number of anilines is 1. The number of unbranched alkanes of at least 4 members (excludes halogenated alkanes) is 2. The number of hydrogen-bond acceptors (Lipinski definition) is 7. The van der Waals surface area contributed by atoms with E-state index in [1.807, 2.05) is 45.0 Å². The fraction of sp³-hybridized carbons (Fsp3) is 0.382. The zero-order valence-electron chi connectivity index (χ0n) is 26.2. The third-order valence-electron chi connectivity index (χ3n) is 7.45. The summed E-state index contributed by atoms with van der Waals surface area (Å²) < 4.78 is 15.7. The number of ether oxygens (including phenoxy) is 3. The lowest BCUT2D eigenvalue weighted by Crippen LogP contribution is -2.52. The van der Waals surface area contributed by atoms with Crippen molar-refractivity contribution in [2.24, 2.45) is 0 Å². The van der Waals surface area contributed by atoms with Gasteiger partial charge in [-0.3, -0.25) is 10.1 Å². The quantitative estimate of drug-likeness (QED) is 0.162. The van der Waals surface area contributed by atoms with E-state index in [0.717, 1.165) is 19.3 Å². The van der Waals surface area contributed by atoms with Gasteiger partial charge in [0.1, 0.15) is 11.4 Å². The summed E-state index contributed by atoms with van der Waals surface area (Å²) in [5.41, 5.74) is 1.15. The summed E-state index contributed by atoms with van der Waals surface area (Å²) in [7, 11) is 2.83. The second kappa shape index (κ2) is 14.5. The molecule has 0 fully saturated rings. The van der Waals surface area contributed by atoms with Crippen LogP contribution in [-0.2, 0) is 26.4 Å². The minimum absolute atomic E-state index is 0.169. The Kier molecular flexibility index (Phi) is 11.0. The number of benzene rings is 3. The Morgan fingerprint density at radius 1 is 0.911 bits per heavy atom. The van der Waals surface area contributed by atoms with E-state index in [0.29, 0.717) is 56.8 Å². The predicted octanol–water partition coefficient (Wildman–Crippen LogP) is 6.86. The minimum atomic E-state index is -1.31. The largest absolute Gasteiger partial charge is 0.496 e. The van der Waals surface area contributed by atoms with Crippen LogP contribution in [0.1, 0.15) is 67.1 Å². The number of halogens is 2. The zero-order chi connectivity index (χ0) is 32.8. The standard InChI is InChI=1S/C34H39Cl2N3O6/c1-33(2,3)45-32(42)37-17-9-6-10-18-38-34(25-11-7-8-12-27(25)36)26-20-24(35)15-16-28(26)39(31(34)41)21-23-14-13-22(30(40)44-5)19-29(23)43-4/h7-8,11-16,19-20,38H,6,9-10,17-18,21H2,1-5H3,(H,37,42). The molecule has 1 aliphatic rings. The molecule has 45 heavy (non-hydrogen) atoms. The van der Waals surface area contributed by atoms with Crippen molar-refractivity contribution in [3.05, 3.63) is 93.0 Å². The van der Waals surface area contributed by atoms with E-state index in [2.05, 4.69) is 10.6 Å². The third kappa shape index (κ3) is 7.72. The number of rotatable bonds is 12. The molecule has 2 N–H and O–H groups in total. The second-order valence-electron chi connectivity index (χ2n) is 11.7. The molecule has 11 heteroatoms. The van der Waals surface area contributed by atoms with Gasteiger partial charge in [-0.1, -0.05) is 53.9 Å². The van der Waals surface area contributed by atoms with Crippen molar-refractivity contribution < 1.29 is 28.6 Å². The van der Waals surface area contributed by atoms with E-state index in [4.69, 9.17) is 37.4 Å². The number of alkyl carbamates (subject to hydrolysis) is 1. The first kappa shape index (κ1) is 34.1. The first-order valence-corrected chi connectivity index (χ1v) is 15.5. The first-order valence-electron chi connectivity index (χ1n) is 14.8. The highest BCUT2D eigenvalue weighted by molar-refractivity contribution is 6.32. The molecule has 0 saturated heterocycles. The summed E-state index contributed by atoms with van der Waals surface area (Å²) in [4.78, 5) is 40.5. The highest BCUT2D eigenvalue weighted by atomic mass is 35.5. The molecule has 240 valence electrons. The van der Waals surface area contributed by atoms with Crippen LogP contribution in [-0.4, -0.2) is 50.9 Å². The van der Waals surface area contributed by atoms with Gasteiger partial charge in [0, 0.05) is 33.3 Å². The lowest BCUT2D eigenvalue weighted by molar-refractivity contribution is -0.123. The van der Waals surface area contributed by atoms with Gasteiger partial charge < -0.3 is 24.4 Å². The van der Waals surface area contributed by atoms with Gasteiger partial charge in [0.05, 0.1) is 32.0 Å². The average Bonchev–Trinajstić information content (AvgIpc) is 3.22. The first-order chi connectivity index (χ1) is 21.4. The Labute approximate surface area is 274 Å². The van der Waals surface area contributed by atoms with Crippen LogP contribution >= 0.6 is 23.2 Å². The molecule has 1 unspecified atom stereocenters. The van der Waals surface area contributed by atoms with Gasteiger partial charge in [-0.2, -0.15) is 0 Å². The molecular formula is C34H39Cl2N3O6. The minimum Gasteiger partial charge on any atom is -0.496 e. The summed E-state index contributed by atoms with van der Waals surface area (Å²) >= 11 is 13.3. The van der Waals surface area contributed by atoms with Crippen molar-refractivity contribution in [2.75, 3.05) is 32.2 Å². The molecule has 0 bridgehead atoms. The lowest BCUT2D eigenvalue weighted by Gasteiger charge is -2.32. The summed E-state index contributed by atoms with van der Waals surface area (Å²) in [5.74, 6) is -0.261.